The van der Waals surface area contributed by atoms with Crippen LogP contribution in [0.5, 0.6) is 0 Å². The van der Waals surface area contributed by atoms with Gasteiger partial charge in [0.05, 0.1) is 5.38 Å². The van der Waals surface area contributed by atoms with Crippen molar-refractivity contribution < 1.29 is 4.73 Å². The lowest BCUT2D eigenvalue weighted by Crippen LogP contribution is -2.29. The van der Waals surface area contributed by atoms with Crippen LogP contribution in [0.15, 0.2) is 5.38 Å². The molecule has 0 bridgehead atoms. The second kappa shape index (κ2) is 1.74. The van der Waals surface area contributed by atoms with Gasteiger partial charge in [0.15, 0.2) is 0 Å². The van der Waals surface area contributed by atoms with Crippen molar-refractivity contribution in [2.75, 3.05) is 0 Å². The van der Waals surface area contributed by atoms with Crippen molar-refractivity contribution in [2.24, 2.45) is 0 Å². The largest absolute Gasteiger partial charge is 0.618 e. The Balaban J connectivity index is 3.19. The van der Waals surface area contributed by atoms with Crippen LogP contribution in [0.3, 0.4) is 0 Å². The average Bonchev–Trinajstić information content (AvgIpc) is 1.98. The maximum Gasteiger partial charge on any atom is 0.245 e. The van der Waals surface area contributed by atoms with Gasteiger partial charge < -0.3 is 5.21 Å². The molecule has 1 aromatic rings. The van der Waals surface area contributed by atoms with Crippen molar-refractivity contribution in [3.8, 4) is 0 Å². The summed E-state index contributed by atoms with van der Waals surface area (Å²) in [5.41, 5.74) is 0.785. The van der Waals surface area contributed by atoms with Gasteiger partial charge in [0.1, 0.15) is 0 Å². The summed E-state index contributed by atoms with van der Waals surface area (Å²) in [5.74, 6) is 0. The Morgan fingerprint density at radius 2 is 2.25 bits per heavy atom. The van der Waals surface area contributed by atoms with Crippen LogP contribution in [0.1, 0.15) is 10.7 Å². The summed E-state index contributed by atoms with van der Waals surface area (Å²) < 4.78 is 0.935. The molecule has 0 aliphatic rings. The third kappa shape index (κ3) is 0.690. The molecule has 0 fully saturated rings. The predicted octanol–water partition coefficient (Wildman–Crippen LogP) is 0.998. The number of aromatic nitrogens is 1. The second-order valence-corrected chi connectivity index (χ2v) is 2.75. The molecule has 0 atom stereocenters. The van der Waals surface area contributed by atoms with E-state index in [9.17, 15) is 5.21 Å². The van der Waals surface area contributed by atoms with Gasteiger partial charge in [-0.05, 0) is 0 Å². The SMILES string of the molecule is Cc1csc(C)[n+]1[O-]. The van der Waals surface area contributed by atoms with Gasteiger partial charge in [0, 0.05) is 13.8 Å². The number of nitrogens with zero attached hydrogens (tertiary/aromatic N) is 1. The Kier molecular flexibility index (Phi) is 1.21. The van der Waals surface area contributed by atoms with E-state index in [1.54, 1.807) is 6.92 Å². The van der Waals surface area contributed by atoms with E-state index in [1.807, 2.05) is 12.3 Å². The zero-order chi connectivity index (χ0) is 6.15. The summed E-state index contributed by atoms with van der Waals surface area (Å²) >= 11 is 1.48. The molecule has 0 N–H and O–H groups in total. The Labute approximate surface area is 52.0 Å². The minimum atomic E-state index is 0.785. The Hall–Kier alpha value is -0.570. The van der Waals surface area contributed by atoms with E-state index in [4.69, 9.17) is 0 Å². The van der Waals surface area contributed by atoms with E-state index in [1.165, 1.54) is 11.3 Å². The molecular formula is C5H7NOS. The number of thiazole rings is 1. The van der Waals surface area contributed by atoms with Gasteiger partial charge in [0.2, 0.25) is 10.7 Å². The molecule has 0 spiro atoms. The van der Waals surface area contributed by atoms with Gasteiger partial charge in [-0.1, -0.05) is 11.3 Å². The fourth-order valence-corrected chi connectivity index (χ4v) is 1.19. The first-order valence-electron chi connectivity index (χ1n) is 2.36. The van der Waals surface area contributed by atoms with Gasteiger partial charge >= 0.3 is 0 Å². The van der Waals surface area contributed by atoms with E-state index in [2.05, 4.69) is 0 Å². The van der Waals surface area contributed by atoms with Gasteiger partial charge in [-0.15, -0.1) is 0 Å². The molecule has 0 amide bonds. The van der Waals surface area contributed by atoms with Crippen LogP contribution in [0.25, 0.3) is 0 Å². The molecular weight excluding hydrogens is 122 g/mol. The summed E-state index contributed by atoms with van der Waals surface area (Å²) in [5, 5.41) is 13.4. The van der Waals surface area contributed by atoms with Gasteiger partial charge in [-0.2, -0.15) is 4.73 Å². The van der Waals surface area contributed by atoms with E-state index in [0.717, 1.165) is 15.4 Å². The van der Waals surface area contributed by atoms with Crippen molar-refractivity contribution in [3.63, 3.8) is 0 Å². The molecule has 0 unspecified atom stereocenters. The van der Waals surface area contributed by atoms with Crippen LogP contribution < -0.4 is 4.73 Å². The summed E-state index contributed by atoms with van der Waals surface area (Å²) in [6.45, 7) is 3.61. The average molecular weight is 129 g/mol. The van der Waals surface area contributed by atoms with Crippen LogP contribution in [0.4, 0.5) is 0 Å². The fourth-order valence-electron chi connectivity index (χ4n) is 0.515. The van der Waals surface area contributed by atoms with Crippen LogP contribution in [-0.2, 0) is 0 Å². The standard InChI is InChI=1S/C5H7NOS/c1-4-3-8-5(2)6(4)7/h3H,1-2H3. The monoisotopic (exact) mass is 129 g/mol. The quantitative estimate of drug-likeness (QED) is 0.379. The number of hydrogen-bond donors (Lipinski definition) is 0. The summed E-state index contributed by atoms with van der Waals surface area (Å²) in [4.78, 5) is 0. The lowest BCUT2D eigenvalue weighted by Gasteiger charge is -1.91. The lowest BCUT2D eigenvalue weighted by molar-refractivity contribution is -0.613. The molecule has 0 aromatic carbocycles. The Morgan fingerprint density at radius 3 is 2.38 bits per heavy atom. The molecule has 0 aliphatic carbocycles. The van der Waals surface area contributed by atoms with Gasteiger partial charge in [-0.25, -0.2) is 0 Å². The minimum Gasteiger partial charge on any atom is -0.618 e. The van der Waals surface area contributed by atoms with Gasteiger partial charge in [-0.3, -0.25) is 0 Å². The minimum absolute atomic E-state index is 0.785. The summed E-state index contributed by atoms with van der Waals surface area (Å²) in [6, 6.07) is 0. The van der Waals surface area contributed by atoms with Crippen LogP contribution in [0, 0.1) is 19.1 Å². The Bertz CT molecular complexity index is 175. The number of hydrogen-bond acceptors (Lipinski definition) is 2. The topological polar surface area (TPSA) is 26.9 Å². The van der Waals surface area contributed by atoms with Crippen molar-refractivity contribution in [1.82, 2.24) is 0 Å². The smallest absolute Gasteiger partial charge is 0.245 e. The van der Waals surface area contributed by atoms with Crippen molar-refractivity contribution >= 4 is 11.3 Å². The maximum atomic E-state index is 10.7. The van der Waals surface area contributed by atoms with Crippen molar-refractivity contribution in [2.45, 2.75) is 13.8 Å². The third-order valence-corrected chi connectivity index (χ3v) is 1.97. The van der Waals surface area contributed by atoms with Crippen molar-refractivity contribution in [3.05, 3.63) is 21.3 Å². The molecule has 1 aromatic heterocycles. The first-order valence-corrected chi connectivity index (χ1v) is 3.24. The lowest BCUT2D eigenvalue weighted by atomic mass is 10.6. The zero-order valence-corrected chi connectivity index (χ0v) is 5.66. The predicted molar refractivity (Wildman–Crippen MR) is 32.8 cm³/mol. The van der Waals surface area contributed by atoms with Crippen molar-refractivity contribution in [1.29, 1.82) is 0 Å². The number of rotatable bonds is 0. The van der Waals surface area contributed by atoms with E-state index >= 15 is 0 Å². The maximum absolute atomic E-state index is 10.7. The highest BCUT2D eigenvalue weighted by molar-refractivity contribution is 7.09. The van der Waals surface area contributed by atoms with Crippen LogP contribution in [0.2, 0.25) is 0 Å². The van der Waals surface area contributed by atoms with E-state index < -0.39 is 0 Å². The highest BCUT2D eigenvalue weighted by Crippen LogP contribution is 2.02. The molecule has 0 saturated carbocycles. The molecule has 1 rings (SSSR count). The van der Waals surface area contributed by atoms with Crippen LogP contribution >= 0.6 is 11.3 Å². The summed E-state index contributed by atoms with van der Waals surface area (Å²) in [6.07, 6.45) is 0. The Morgan fingerprint density at radius 1 is 1.62 bits per heavy atom. The molecule has 44 valence electrons. The van der Waals surface area contributed by atoms with Gasteiger partial charge in [0.25, 0.3) is 0 Å². The molecule has 2 nitrogen and oxygen atoms in total. The molecule has 0 saturated heterocycles. The fraction of sp³-hybridized carbons (Fsp3) is 0.400. The normalized spacial score (nSPS) is 9.75. The zero-order valence-electron chi connectivity index (χ0n) is 4.84. The first kappa shape index (κ1) is 5.56. The van der Waals surface area contributed by atoms with Crippen LogP contribution in [-0.4, -0.2) is 0 Å². The molecule has 0 aliphatic heterocycles. The third-order valence-electron chi connectivity index (χ3n) is 1.01. The molecule has 3 heteroatoms. The first-order chi connectivity index (χ1) is 3.72. The highest BCUT2D eigenvalue weighted by atomic mass is 32.1. The molecule has 1 heterocycles. The number of aryl methyl sites for hydroxylation is 2. The molecule has 0 radical (unpaired) electrons. The summed E-state index contributed by atoms with van der Waals surface area (Å²) in [7, 11) is 0. The molecule has 8 heavy (non-hydrogen) atoms. The van der Waals surface area contributed by atoms with E-state index in [-0.39, 0.29) is 0 Å². The highest BCUT2D eigenvalue weighted by Gasteiger charge is 2.02. The van der Waals surface area contributed by atoms with E-state index in [0.29, 0.717) is 0 Å². The second-order valence-electron chi connectivity index (χ2n) is 1.69.